The average molecular weight is 265 g/mol. The molecular formula is C13H15NO5. The van der Waals surface area contributed by atoms with Gasteiger partial charge in [-0.2, -0.15) is 0 Å². The van der Waals surface area contributed by atoms with Gasteiger partial charge in [0, 0.05) is 13.1 Å². The molecule has 1 aromatic carbocycles. The number of carboxylic acids is 1. The highest BCUT2D eigenvalue weighted by atomic mass is 16.4. The molecule has 1 aliphatic heterocycles. The Balaban J connectivity index is 2.22. The highest BCUT2D eigenvalue weighted by Crippen LogP contribution is 2.31. The predicted molar refractivity (Wildman–Crippen MR) is 66.0 cm³/mol. The Bertz CT molecular complexity index is 528. The van der Waals surface area contributed by atoms with E-state index in [-0.39, 0.29) is 23.8 Å². The van der Waals surface area contributed by atoms with Gasteiger partial charge in [0.05, 0.1) is 11.5 Å². The average Bonchev–Trinajstić information content (AvgIpc) is 2.74. The first-order valence-corrected chi connectivity index (χ1v) is 5.95. The summed E-state index contributed by atoms with van der Waals surface area (Å²) in [6, 6.07) is 4.13. The van der Waals surface area contributed by atoms with Gasteiger partial charge < -0.3 is 20.2 Å². The van der Waals surface area contributed by atoms with E-state index in [1.54, 1.807) is 6.92 Å². The second-order valence-electron chi connectivity index (χ2n) is 4.81. The van der Waals surface area contributed by atoms with Gasteiger partial charge in [-0.3, -0.25) is 9.59 Å². The van der Waals surface area contributed by atoms with Crippen LogP contribution in [0.1, 0.15) is 17.3 Å². The van der Waals surface area contributed by atoms with Gasteiger partial charge in [0.1, 0.15) is 0 Å². The van der Waals surface area contributed by atoms with Crippen LogP contribution in [-0.2, 0) is 4.79 Å². The molecule has 1 fully saturated rings. The van der Waals surface area contributed by atoms with Crippen molar-refractivity contribution in [2.45, 2.75) is 6.92 Å². The van der Waals surface area contributed by atoms with Crippen LogP contribution in [0.5, 0.6) is 11.5 Å². The Kier molecular flexibility index (Phi) is 3.33. The lowest BCUT2D eigenvalue weighted by Crippen LogP contribution is -2.29. The fourth-order valence-corrected chi connectivity index (χ4v) is 2.33. The van der Waals surface area contributed by atoms with Crippen molar-refractivity contribution in [2.24, 2.45) is 11.8 Å². The van der Waals surface area contributed by atoms with Gasteiger partial charge in [0.15, 0.2) is 11.5 Å². The van der Waals surface area contributed by atoms with E-state index in [9.17, 15) is 19.8 Å². The summed E-state index contributed by atoms with van der Waals surface area (Å²) in [4.78, 5) is 24.6. The molecule has 0 spiro atoms. The standard InChI is InChI=1S/C13H15NO5/c1-7-5-14(6-9(7)13(18)19)12(17)8-3-2-4-10(15)11(8)16/h2-4,7,9,15-16H,5-6H2,1H3,(H,18,19). The molecule has 19 heavy (non-hydrogen) atoms. The van der Waals surface area contributed by atoms with Gasteiger partial charge in [-0.05, 0) is 18.1 Å². The number of aliphatic carboxylic acids is 1. The topological polar surface area (TPSA) is 98.1 Å². The molecule has 0 saturated carbocycles. The number of likely N-dealkylation sites (tertiary alicyclic amines) is 1. The fourth-order valence-electron chi connectivity index (χ4n) is 2.33. The third-order valence-corrected chi connectivity index (χ3v) is 3.46. The number of hydrogen-bond donors (Lipinski definition) is 3. The molecule has 2 rings (SSSR count). The van der Waals surface area contributed by atoms with E-state index in [1.165, 1.54) is 23.1 Å². The molecular weight excluding hydrogens is 250 g/mol. The smallest absolute Gasteiger partial charge is 0.308 e. The fraction of sp³-hybridized carbons (Fsp3) is 0.385. The van der Waals surface area contributed by atoms with Crippen molar-refractivity contribution in [1.29, 1.82) is 0 Å². The van der Waals surface area contributed by atoms with Crippen LogP contribution < -0.4 is 0 Å². The molecule has 1 amide bonds. The largest absolute Gasteiger partial charge is 0.504 e. The first kappa shape index (κ1) is 13.2. The minimum atomic E-state index is -0.928. The molecule has 0 radical (unpaired) electrons. The van der Waals surface area contributed by atoms with Crippen LogP contribution in [0.25, 0.3) is 0 Å². The van der Waals surface area contributed by atoms with Crippen molar-refractivity contribution in [3.63, 3.8) is 0 Å². The first-order chi connectivity index (χ1) is 8.91. The maximum Gasteiger partial charge on any atom is 0.308 e. The summed E-state index contributed by atoms with van der Waals surface area (Å²) >= 11 is 0. The summed E-state index contributed by atoms with van der Waals surface area (Å²) in [6.45, 7) is 2.21. The Morgan fingerprint density at radius 2 is 1.95 bits per heavy atom. The Morgan fingerprint density at radius 3 is 2.53 bits per heavy atom. The summed E-state index contributed by atoms with van der Waals surface area (Å²) in [5, 5.41) is 28.0. The molecule has 1 saturated heterocycles. The van der Waals surface area contributed by atoms with Gasteiger partial charge >= 0.3 is 5.97 Å². The molecule has 3 N–H and O–H groups in total. The molecule has 1 aliphatic rings. The zero-order valence-electron chi connectivity index (χ0n) is 10.4. The van der Waals surface area contributed by atoms with Gasteiger partial charge in [0.2, 0.25) is 0 Å². The number of amides is 1. The Labute approximate surface area is 109 Å². The van der Waals surface area contributed by atoms with Crippen molar-refractivity contribution in [1.82, 2.24) is 4.90 Å². The maximum absolute atomic E-state index is 12.2. The maximum atomic E-state index is 12.2. The molecule has 6 heteroatoms. The van der Waals surface area contributed by atoms with Crippen LogP contribution in [0, 0.1) is 11.8 Å². The van der Waals surface area contributed by atoms with Crippen molar-refractivity contribution in [3.05, 3.63) is 23.8 Å². The van der Waals surface area contributed by atoms with Gasteiger partial charge in [-0.25, -0.2) is 0 Å². The molecule has 6 nitrogen and oxygen atoms in total. The van der Waals surface area contributed by atoms with E-state index in [2.05, 4.69) is 0 Å². The molecule has 0 bridgehead atoms. The van der Waals surface area contributed by atoms with E-state index in [0.29, 0.717) is 6.54 Å². The number of para-hydroxylation sites is 1. The summed E-state index contributed by atoms with van der Waals surface area (Å²) in [7, 11) is 0. The molecule has 0 aliphatic carbocycles. The minimum absolute atomic E-state index is 0.0155. The zero-order chi connectivity index (χ0) is 14.2. The third kappa shape index (κ3) is 2.33. The number of aromatic hydroxyl groups is 2. The highest BCUT2D eigenvalue weighted by molar-refractivity contribution is 5.98. The Morgan fingerprint density at radius 1 is 1.26 bits per heavy atom. The number of hydrogen-bond acceptors (Lipinski definition) is 4. The van der Waals surface area contributed by atoms with Crippen molar-refractivity contribution >= 4 is 11.9 Å². The molecule has 1 aromatic rings. The SMILES string of the molecule is CC1CN(C(=O)c2cccc(O)c2O)CC1C(=O)O. The zero-order valence-corrected chi connectivity index (χ0v) is 10.4. The second-order valence-corrected chi connectivity index (χ2v) is 4.81. The molecule has 1 heterocycles. The molecule has 0 aromatic heterocycles. The number of carbonyl (C=O) groups excluding carboxylic acids is 1. The number of carbonyl (C=O) groups is 2. The number of carboxylic acid groups (broad SMARTS) is 1. The van der Waals surface area contributed by atoms with Crippen molar-refractivity contribution in [3.8, 4) is 11.5 Å². The van der Waals surface area contributed by atoms with Crippen LogP contribution in [0.3, 0.4) is 0 Å². The van der Waals surface area contributed by atoms with Crippen LogP contribution >= 0.6 is 0 Å². The van der Waals surface area contributed by atoms with E-state index in [0.717, 1.165) is 0 Å². The molecule has 2 unspecified atom stereocenters. The first-order valence-electron chi connectivity index (χ1n) is 5.95. The van der Waals surface area contributed by atoms with Gasteiger partial charge in [-0.1, -0.05) is 13.0 Å². The van der Waals surface area contributed by atoms with Crippen LogP contribution in [0.15, 0.2) is 18.2 Å². The van der Waals surface area contributed by atoms with Crippen molar-refractivity contribution in [2.75, 3.05) is 13.1 Å². The highest BCUT2D eigenvalue weighted by Gasteiger charge is 2.37. The lowest BCUT2D eigenvalue weighted by atomic mass is 9.99. The van der Waals surface area contributed by atoms with Crippen LogP contribution in [-0.4, -0.2) is 45.2 Å². The number of benzene rings is 1. The Hall–Kier alpha value is -2.24. The van der Waals surface area contributed by atoms with Crippen molar-refractivity contribution < 1.29 is 24.9 Å². The summed E-state index contributed by atoms with van der Waals surface area (Å²) in [6.07, 6.45) is 0. The minimum Gasteiger partial charge on any atom is -0.504 e. The number of phenols is 2. The number of nitrogens with zero attached hydrogens (tertiary/aromatic N) is 1. The quantitative estimate of drug-likeness (QED) is 0.690. The summed E-state index contributed by atoms with van der Waals surface area (Å²) in [5.74, 6) is -2.97. The molecule has 102 valence electrons. The monoisotopic (exact) mass is 265 g/mol. The van der Waals surface area contributed by atoms with E-state index >= 15 is 0 Å². The third-order valence-electron chi connectivity index (χ3n) is 3.46. The van der Waals surface area contributed by atoms with E-state index < -0.39 is 23.5 Å². The van der Waals surface area contributed by atoms with E-state index in [4.69, 9.17) is 5.11 Å². The normalized spacial score (nSPS) is 22.5. The lowest BCUT2D eigenvalue weighted by Gasteiger charge is -2.16. The summed E-state index contributed by atoms with van der Waals surface area (Å²) in [5.41, 5.74) is -0.0155. The molecule has 2 atom stereocenters. The van der Waals surface area contributed by atoms with Gasteiger partial charge in [-0.15, -0.1) is 0 Å². The van der Waals surface area contributed by atoms with E-state index in [1.807, 2.05) is 0 Å². The van der Waals surface area contributed by atoms with Gasteiger partial charge in [0.25, 0.3) is 5.91 Å². The van der Waals surface area contributed by atoms with Crippen LogP contribution in [0.4, 0.5) is 0 Å². The second kappa shape index (κ2) is 4.79. The summed E-state index contributed by atoms with van der Waals surface area (Å²) < 4.78 is 0. The number of phenolic OH excluding ortho intramolecular Hbond substituents is 2. The van der Waals surface area contributed by atoms with Crippen LogP contribution in [0.2, 0.25) is 0 Å². The lowest BCUT2D eigenvalue weighted by molar-refractivity contribution is -0.142. The predicted octanol–water partition coefficient (Wildman–Crippen LogP) is 0.890. The number of rotatable bonds is 2.